The van der Waals surface area contributed by atoms with E-state index in [2.05, 4.69) is 10.1 Å². The molecule has 0 saturated heterocycles. The molecule has 0 amide bonds. The summed E-state index contributed by atoms with van der Waals surface area (Å²) in [6.07, 6.45) is 2.90. The van der Waals surface area contributed by atoms with Crippen LogP contribution in [0.1, 0.15) is 5.69 Å². The molecule has 0 unspecified atom stereocenters. The summed E-state index contributed by atoms with van der Waals surface area (Å²) in [5.74, 6) is 0. The summed E-state index contributed by atoms with van der Waals surface area (Å²) in [4.78, 5) is 14.3. The number of rotatable bonds is 3. The molecule has 0 spiro atoms. The molecule has 0 aliphatic carbocycles. The second kappa shape index (κ2) is 3.97. The Hall–Kier alpha value is -1.83. The molecule has 16 heavy (non-hydrogen) atoms. The zero-order valence-electron chi connectivity index (χ0n) is 8.58. The van der Waals surface area contributed by atoms with Crippen LogP contribution in [0.3, 0.4) is 0 Å². The van der Waals surface area contributed by atoms with Crippen molar-refractivity contribution in [2.75, 3.05) is 0 Å². The molecule has 2 rings (SSSR count). The van der Waals surface area contributed by atoms with Gasteiger partial charge in [0, 0.05) is 7.05 Å². The van der Waals surface area contributed by atoms with Crippen molar-refractivity contribution in [2.24, 2.45) is 7.05 Å². The maximum Gasteiger partial charge on any atom is 0.324 e. The number of aromatic nitrogens is 3. The number of nitrogens with zero attached hydrogens (tertiary/aromatic N) is 4. The van der Waals surface area contributed by atoms with Crippen LogP contribution in [-0.2, 0) is 7.05 Å². The van der Waals surface area contributed by atoms with E-state index in [1.54, 1.807) is 14.0 Å². The fourth-order valence-electron chi connectivity index (χ4n) is 1.29. The van der Waals surface area contributed by atoms with Gasteiger partial charge in [0.25, 0.3) is 5.22 Å². The van der Waals surface area contributed by atoms with Crippen LogP contribution in [0.5, 0.6) is 0 Å². The number of nitro groups is 1. The van der Waals surface area contributed by atoms with E-state index in [0.717, 1.165) is 11.8 Å². The van der Waals surface area contributed by atoms with Gasteiger partial charge in [0.15, 0.2) is 5.03 Å². The van der Waals surface area contributed by atoms with Gasteiger partial charge in [-0.05, 0) is 18.7 Å². The lowest BCUT2D eigenvalue weighted by atomic mass is 10.4. The van der Waals surface area contributed by atoms with Crippen molar-refractivity contribution < 1.29 is 9.34 Å². The Morgan fingerprint density at radius 2 is 2.38 bits per heavy atom. The molecule has 0 aliphatic heterocycles. The maximum absolute atomic E-state index is 10.9. The lowest BCUT2D eigenvalue weighted by Gasteiger charge is -1.96. The summed E-state index contributed by atoms with van der Waals surface area (Å²) in [7, 11) is 1.64. The summed E-state index contributed by atoms with van der Waals surface area (Å²) in [6, 6.07) is 0. The number of oxazole rings is 1. The molecule has 0 aromatic carbocycles. The van der Waals surface area contributed by atoms with Crippen LogP contribution < -0.4 is 0 Å². The van der Waals surface area contributed by atoms with Crippen molar-refractivity contribution >= 4 is 17.4 Å². The van der Waals surface area contributed by atoms with Crippen molar-refractivity contribution in [2.45, 2.75) is 17.2 Å². The van der Waals surface area contributed by atoms with Gasteiger partial charge in [-0.25, -0.2) is 4.98 Å². The van der Waals surface area contributed by atoms with E-state index in [4.69, 9.17) is 4.42 Å². The normalized spacial score (nSPS) is 10.6. The Balaban J connectivity index is 2.43. The van der Waals surface area contributed by atoms with Crippen LogP contribution in [-0.4, -0.2) is 19.7 Å². The molecule has 0 atom stereocenters. The number of hydrogen-bond donors (Lipinski definition) is 0. The third kappa shape index (κ3) is 1.78. The standard InChI is InChI=1S/C8H8N4O3S/c1-5-6(12(13)14)7(11(2)10-5)16-8-9-3-4-15-8/h3-4H,1-2H3. The van der Waals surface area contributed by atoms with Crippen molar-refractivity contribution in [1.82, 2.24) is 14.8 Å². The number of hydrogen-bond acceptors (Lipinski definition) is 6. The minimum Gasteiger partial charge on any atom is -0.440 e. The molecule has 7 nitrogen and oxygen atoms in total. The Morgan fingerprint density at radius 1 is 1.62 bits per heavy atom. The molecule has 0 bridgehead atoms. The molecule has 84 valence electrons. The van der Waals surface area contributed by atoms with Crippen LogP contribution in [0, 0.1) is 17.0 Å². The van der Waals surface area contributed by atoms with Gasteiger partial charge in [0.05, 0.1) is 11.1 Å². The first-order valence-corrected chi connectivity index (χ1v) is 5.16. The molecule has 0 fully saturated rings. The molecular weight excluding hydrogens is 232 g/mol. The van der Waals surface area contributed by atoms with Crippen LogP contribution in [0.25, 0.3) is 0 Å². The SMILES string of the molecule is Cc1nn(C)c(Sc2ncco2)c1[N+](=O)[O-]. The lowest BCUT2D eigenvalue weighted by Crippen LogP contribution is -1.94. The molecule has 0 radical (unpaired) electrons. The first-order chi connectivity index (χ1) is 7.59. The first-order valence-electron chi connectivity index (χ1n) is 4.35. The van der Waals surface area contributed by atoms with E-state index < -0.39 is 4.92 Å². The van der Waals surface area contributed by atoms with Crippen molar-refractivity contribution in [3.05, 3.63) is 28.3 Å². The summed E-state index contributed by atoms with van der Waals surface area (Å²) < 4.78 is 6.47. The monoisotopic (exact) mass is 240 g/mol. The van der Waals surface area contributed by atoms with E-state index >= 15 is 0 Å². The first kappa shape index (κ1) is 10.7. The molecule has 0 aliphatic rings. The minimum atomic E-state index is -0.451. The van der Waals surface area contributed by atoms with Crippen LogP contribution in [0.15, 0.2) is 27.1 Å². The molecule has 0 N–H and O–H groups in total. The average Bonchev–Trinajstić information content (AvgIpc) is 2.76. The molecule has 8 heteroatoms. The minimum absolute atomic E-state index is 0.00861. The maximum atomic E-state index is 10.9. The molecule has 2 aromatic rings. The molecule has 2 aromatic heterocycles. The fraction of sp³-hybridized carbons (Fsp3) is 0.250. The van der Waals surface area contributed by atoms with Gasteiger partial charge in [-0.1, -0.05) is 0 Å². The summed E-state index contributed by atoms with van der Waals surface area (Å²) in [6.45, 7) is 1.59. The fourth-order valence-corrected chi connectivity index (χ4v) is 2.17. The van der Waals surface area contributed by atoms with Gasteiger partial charge in [0.2, 0.25) is 0 Å². The van der Waals surface area contributed by atoms with Crippen LogP contribution in [0.4, 0.5) is 5.69 Å². The zero-order valence-corrected chi connectivity index (χ0v) is 9.39. The quantitative estimate of drug-likeness (QED) is 0.600. The van der Waals surface area contributed by atoms with Crippen molar-refractivity contribution in [3.63, 3.8) is 0 Å². The molecule has 0 saturated carbocycles. The van der Waals surface area contributed by atoms with E-state index in [9.17, 15) is 10.1 Å². The smallest absolute Gasteiger partial charge is 0.324 e. The summed E-state index contributed by atoms with van der Waals surface area (Å²) in [5.41, 5.74) is 0.368. The predicted octanol–water partition coefficient (Wildman–Crippen LogP) is 1.78. The highest BCUT2D eigenvalue weighted by atomic mass is 32.2. The topological polar surface area (TPSA) is 87.0 Å². The second-order valence-corrected chi connectivity index (χ2v) is 3.96. The van der Waals surface area contributed by atoms with Crippen LogP contribution in [0.2, 0.25) is 0 Å². The highest BCUT2D eigenvalue weighted by molar-refractivity contribution is 7.99. The van der Waals surface area contributed by atoms with E-state index in [1.807, 2.05) is 0 Å². The molecule has 2 heterocycles. The van der Waals surface area contributed by atoms with Gasteiger partial charge in [-0.15, -0.1) is 0 Å². The summed E-state index contributed by atoms with van der Waals surface area (Å²) in [5, 5.41) is 15.6. The van der Waals surface area contributed by atoms with Gasteiger partial charge >= 0.3 is 5.69 Å². The summed E-state index contributed by atoms with van der Waals surface area (Å²) >= 11 is 1.08. The van der Waals surface area contributed by atoms with Crippen LogP contribution >= 0.6 is 11.8 Å². The second-order valence-electron chi connectivity index (χ2n) is 3.02. The van der Waals surface area contributed by atoms with Gasteiger partial charge in [-0.3, -0.25) is 14.8 Å². The van der Waals surface area contributed by atoms with Gasteiger partial charge in [-0.2, -0.15) is 5.10 Å². The number of aryl methyl sites for hydroxylation is 2. The van der Waals surface area contributed by atoms with Crippen molar-refractivity contribution in [3.8, 4) is 0 Å². The molecular formula is C8H8N4O3S. The Morgan fingerprint density at radius 3 is 2.94 bits per heavy atom. The van der Waals surface area contributed by atoms with E-state index in [1.165, 1.54) is 17.1 Å². The predicted molar refractivity (Wildman–Crippen MR) is 55.2 cm³/mol. The van der Waals surface area contributed by atoms with E-state index in [0.29, 0.717) is 15.9 Å². The Bertz CT molecular complexity index is 520. The lowest BCUT2D eigenvalue weighted by molar-refractivity contribution is -0.388. The van der Waals surface area contributed by atoms with Crippen molar-refractivity contribution in [1.29, 1.82) is 0 Å². The van der Waals surface area contributed by atoms with E-state index in [-0.39, 0.29) is 5.69 Å². The average molecular weight is 240 g/mol. The third-order valence-electron chi connectivity index (χ3n) is 1.92. The Kier molecular flexibility index (Phi) is 2.65. The van der Waals surface area contributed by atoms with Gasteiger partial charge < -0.3 is 4.42 Å². The highest BCUT2D eigenvalue weighted by Gasteiger charge is 2.25. The third-order valence-corrected chi connectivity index (χ3v) is 2.94. The van der Waals surface area contributed by atoms with Gasteiger partial charge in [0.1, 0.15) is 12.0 Å². The zero-order chi connectivity index (χ0) is 11.7. The Labute approximate surface area is 94.6 Å². The largest absolute Gasteiger partial charge is 0.440 e. The highest BCUT2D eigenvalue weighted by Crippen LogP contribution is 2.35.